The highest BCUT2D eigenvalue weighted by molar-refractivity contribution is 5.57. The number of hydrogen-bond donors (Lipinski definition) is 1. The fourth-order valence-corrected chi connectivity index (χ4v) is 2.71. The molecule has 0 atom stereocenters. The van der Waals surface area contributed by atoms with E-state index in [0.29, 0.717) is 24.5 Å². The van der Waals surface area contributed by atoms with Crippen LogP contribution in [-0.2, 0) is 19.1 Å². The Bertz CT molecular complexity index is 665. The second-order valence-corrected chi connectivity index (χ2v) is 5.20. The van der Waals surface area contributed by atoms with E-state index < -0.39 is 11.7 Å². The van der Waals surface area contributed by atoms with Crippen molar-refractivity contribution < 1.29 is 13.2 Å². The van der Waals surface area contributed by atoms with E-state index in [4.69, 9.17) is 5.73 Å². The normalized spacial score (nSPS) is 14.9. The van der Waals surface area contributed by atoms with Gasteiger partial charge in [0.2, 0.25) is 0 Å². The Kier molecular flexibility index (Phi) is 3.27. The summed E-state index contributed by atoms with van der Waals surface area (Å²) in [5.41, 5.74) is 8.83. The fraction of sp³-hybridized carbons (Fsp3) is 0.250. The average Bonchev–Trinajstić information content (AvgIpc) is 2.47. The topological polar surface area (TPSA) is 29.3 Å². The van der Waals surface area contributed by atoms with Crippen molar-refractivity contribution in [1.82, 2.24) is 0 Å². The number of hydrogen-bond acceptors (Lipinski definition) is 2. The molecule has 110 valence electrons. The van der Waals surface area contributed by atoms with Crippen LogP contribution < -0.4 is 10.6 Å². The largest absolute Gasteiger partial charge is 0.416 e. The van der Waals surface area contributed by atoms with Crippen LogP contribution in [0.1, 0.15) is 16.7 Å². The lowest BCUT2D eigenvalue weighted by molar-refractivity contribution is -0.137. The Morgan fingerprint density at radius 1 is 1.05 bits per heavy atom. The van der Waals surface area contributed by atoms with E-state index in [2.05, 4.69) is 0 Å². The van der Waals surface area contributed by atoms with Crippen LogP contribution >= 0.6 is 0 Å². The van der Waals surface area contributed by atoms with E-state index in [9.17, 15) is 13.2 Å². The molecule has 0 saturated heterocycles. The minimum Gasteiger partial charge on any atom is -0.398 e. The minimum atomic E-state index is -4.32. The maximum Gasteiger partial charge on any atom is 0.416 e. The van der Waals surface area contributed by atoms with Crippen molar-refractivity contribution in [2.24, 2.45) is 0 Å². The smallest absolute Gasteiger partial charge is 0.398 e. The molecule has 21 heavy (non-hydrogen) atoms. The number of fused-ring (bicyclic) bond motifs is 1. The van der Waals surface area contributed by atoms with Crippen LogP contribution in [0, 0.1) is 0 Å². The van der Waals surface area contributed by atoms with Gasteiger partial charge in [-0.1, -0.05) is 18.2 Å². The molecule has 5 heteroatoms. The van der Waals surface area contributed by atoms with Gasteiger partial charge in [0.25, 0.3) is 0 Å². The third-order valence-corrected chi connectivity index (χ3v) is 3.85. The molecule has 2 N–H and O–H groups in total. The first-order chi connectivity index (χ1) is 9.95. The second kappa shape index (κ2) is 4.98. The molecule has 1 aliphatic heterocycles. The van der Waals surface area contributed by atoms with Crippen LogP contribution in [0.3, 0.4) is 0 Å². The van der Waals surface area contributed by atoms with Crippen molar-refractivity contribution in [3.8, 4) is 0 Å². The van der Waals surface area contributed by atoms with Gasteiger partial charge >= 0.3 is 6.18 Å². The van der Waals surface area contributed by atoms with E-state index in [0.717, 1.165) is 18.1 Å². The van der Waals surface area contributed by atoms with Gasteiger partial charge in [0.15, 0.2) is 0 Å². The molecule has 0 aromatic heterocycles. The van der Waals surface area contributed by atoms with Crippen LogP contribution in [0.5, 0.6) is 0 Å². The molecule has 0 radical (unpaired) electrons. The molecule has 1 heterocycles. The first-order valence-electron chi connectivity index (χ1n) is 6.73. The highest BCUT2D eigenvalue weighted by Crippen LogP contribution is 2.33. The second-order valence-electron chi connectivity index (χ2n) is 5.20. The van der Waals surface area contributed by atoms with E-state index in [1.807, 2.05) is 23.1 Å². The maximum absolute atomic E-state index is 12.8. The zero-order valence-electron chi connectivity index (χ0n) is 11.3. The Balaban J connectivity index is 1.91. The monoisotopic (exact) mass is 292 g/mol. The van der Waals surface area contributed by atoms with Gasteiger partial charge < -0.3 is 10.6 Å². The summed E-state index contributed by atoms with van der Waals surface area (Å²) in [4.78, 5) is 1.94. The van der Waals surface area contributed by atoms with E-state index in [-0.39, 0.29) is 0 Å². The van der Waals surface area contributed by atoms with Gasteiger partial charge in [0.05, 0.1) is 5.56 Å². The number of halogens is 3. The van der Waals surface area contributed by atoms with Crippen LogP contribution in [-0.4, -0.2) is 6.54 Å². The Labute approximate surface area is 121 Å². The molecule has 0 fully saturated rings. The molecule has 0 aliphatic carbocycles. The summed E-state index contributed by atoms with van der Waals surface area (Å²) in [5.74, 6) is 0. The van der Waals surface area contributed by atoms with Crippen molar-refractivity contribution in [3.63, 3.8) is 0 Å². The predicted molar refractivity (Wildman–Crippen MR) is 77.1 cm³/mol. The van der Waals surface area contributed by atoms with Gasteiger partial charge in [-0.3, -0.25) is 0 Å². The molecule has 2 aromatic rings. The lowest BCUT2D eigenvalue weighted by Gasteiger charge is -2.31. The Morgan fingerprint density at radius 3 is 2.57 bits per heavy atom. The van der Waals surface area contributed by atoms with Gasteiger partial charge in [-0.05, 0) is 41.8 Å². The SMILES string of the molecule is Nc1cccc2c1CN(c1cccc(C(F)(F)F)c1)CC2. The molecule has 0 amide bonds. The van der Waals surface area contributed by atoms with Crippen molar-refractivity contribution >= 4 is 11.4 Å². The van der Waals surface area contributed by atoms with Gasteiger partial charge in [0.1, 0.15) is 0 Å². The summed E-state index contributed by atoms with van der Waals surface area (Å²) >= 11 is 0. The lowest BCUT2D eigenvalue weighted by atomic mass is 9.97. The van der Waals surface area contributed by atoms with Crippen molar-refractivity contribution in [1.29, 1.82) is 0 Å². The quantitative estimate of drug-likeness (QED) is 0.809. The van der Waals surface area contributed by atoms with E-state index >= 15 is 0 Å². The summed E-state index contributed by atoms with van der Waals surface area (Å²) in [5, 5.41) is 0. The zero-order chi connectivity index (χ0) is 15.0. The van der Waals surface area contributed by atoms with E-state index in [1.165, 1.54) is 17.7 Å². The maximum atomic E-state index is 12.8. The standard InChI is InChI=1S/C16H15F3N2/c17-16(18,19)12-4-2-5-13(9-12)21-8-7-11-3-1-6-15(20)14(11)10-21/h1-6,9H,7-8,10,20H2. The van der Waals surface area contributed by atoms with Crippen molar-refractivity contribution in [2.45, 2.75) is 19.1 Å². The molecular formula is C16H15F3N2. The van der Waals surface area contributed by atoms with Crippen LogP contribution in [0.25, 0.3) is 0 Å². The van der Waals surface area contributed by atoms with Crippen molar-refractivity contribution in [2.75, 3.05) is 17.2 Å². The number of rotatable bonds is 1. The van der Waals surface area contributed by atoms with Gasteiger partial charge in [-0.25, -0.2) is 0 Å². The summed E-state index contributed by atoms with van der Waals surface area (Å²) < 4.78 is 38.4. The van der Waals surface area contributed by atoms with E-state index in [1.54, 1.807) is 6.07 Å². The summed E-state index contributed by atoms with van der Waals surface area (Å²) in [6.45, 7) is 1.24. The predicted octanol–water partition coefficient (Wildman–Crippen LogP) is 3.85. The van der Waals surface area contributed by atoms with Gasteiger partial charge in [-0.2, -0.15) is 13.2 Å². The molecule has 0 unspecified atom stereocenters. The molecule has 0 spiro atoms. The highest BCUT2D eigenvalue weighted by atomic mass is 19.4. The summed E-state index contributed by atoms with van der Waals surface area (Å²) in [6, 6.07) is 11.2. The number of alkyl halides is 3. The average molecular weight is 292 g/mol. The van der Waals surface area contributed by atoms with Crippen molar-refractivity contribution in [3.05, 3.63) is 59.2 Å². The number of nitrogens with zero attached hydrogens (tertiary/aromatic N) is 1. The first-order valence-corrected chi connectivity index (χ1v) is 6.73. The summed E-state index contributed by atoms with van der Waals surface area (Å²) in [6.07, 6.45) is -3.53. The van der Waals surface area contributed by atoms with Crippen LogP contribution in [0.15, 0.2) is 42.5 Å². The molecule has 3 rings (SSSR count). The molecular weight excluding hydrogens is 277 g/mol. The number of nitrogen functional groups attached to an aromatic ring is 1. The lowest BCUT2D eigenvalue weighted by Crippen LogP contribution is -2.31. The highest BCUT2D eigenvalue weighted by Gasteiger charge is 2.31. The number of anilines is 2. The van der Waals surface area contributed by atoms with Crippen LogP contribution in [0.4, 0.5) is 24.5 Å². The van der Waals surface area contributed by atoms with Gasteiger partial charge in [-0.15, -0.1) is 0 Å². The third-order valence-electron chi connectivity index (χ3n) is 3.85. The summed E-state index contributed by atoms with van der Waals surface area (Å²) in [7, 11) is 0. The fourth-order valence-electron chi connectivity index (χ4n) is 2.71. The number of nitrogens with two attached hydrogens (primary N) is 1. The van der Waals surface area contributed by atoms with Crippen LogP contribution in [0.2, 0.25) is 0 Å². The molecule has 2 aromatic carbocycles. The molecule has 0 saturated carbocycles. The zero-order valence-corrected chi connectivity index (χ0v) is 11.3. The Hall–Kier alpha value is -2.17. The first kappa shape index (κ1) is 13.8. The Morgan fingerprint density at radius 2 is 1.81 bits per heavy atom. The third kappa shape index (κ3) is 2.68. The minimum absolute atomic E-state index is 0.545. The van der Waals surface area contributed by atoms with Gasteiger partial charge in [0, 0.05) is 24.5 Å². The molecule has 0 bridgehead atoms. The molecule has 2 nitrogen and oxygen atoms in total. The molecule has 1 aliphatic rings. The number of benzene rings is 2.